The van der Waals surface area contributed by atoms with Crippen molar-refractivity contribution in [2.45, 2.75) is 135 Å². The molecule has 4 aromatic carbocycles. The van der Waals surface area contributed by atoms with Gasteiger partial charge in [0.05, 0.1) is 12.7 Å². The molecule has 0 aliphatic carbocycles. The monoisotopic (exact) mass is 758 g/mol. The smallest absolute Gasteiger partial charge is 0.343 e. The normalized spacial score (nSPS) is 24.1. The minimum Gasteiger partial charge on any atom is -0.496 e. The first-order valence-electron chi connectivity index (χ1n) is 19.7. The standard InChI is InChI=1S/C48H54O8/c1-27-17-40-34(21-38(27)51-12)45(8,9)25-48(55-40)26-46(10,11)35-22-39(28(2)18-41(35)56-48)52-42(50)31-14-16-37-33(20-31)44(6,7)24-47(54-37)23-43(4,5)32-19-30(29(3)49)13-15-36(32)53-47/h13-22H,23-26H2,1-12H3. The van der Waals surface area contributed by atoms with Crippen LogP contribution in [0.15, 0.2) is 60.7 Å². The first kappa shape index (κ1) is 37.9. The molecule has 0 aromatic heterocycles. The third-order valence-corrected chi connectivity index (χ3v) is 12.5. The van der Waals surface area contributed by atoms with E-state index in [2.05, 4.69) is 67.5 Å². The number of ether oxygens (including phenoxy) is 6. The molecule has 56 heavy (non-hydrogen) atoms. The number of rotatable bonds is 4. The summed E-state index contributed by atoms with van der Waals surface area (Å²) in [6.45, 7) is 23.0. The lowest BCUT2D eigenvalue weighted by Gasteiger charge is -2.51. The number of methoxy groups -OCH3 is 1. The average Bonchev–Trinajstić information content (AvgIpc) is 3.07. The van der Waals surface area contributed by atoms with Crippen LogP contribution in [0.3, 0.4) is 0 Å². The fraction of sp³-hybridized carbons (Fsp3) is 0.458. The molecule has 8 heteroatoms. The van der Waals surface area contributed by atoms with E-state index in [0.717, 1.165) is 56.4 Å². The van der Waals surface area contributed by atoms with Gasteiger partial charge in [-0.05, 0) is 92.6 Å². The van der Waals surface area contributed by atoms with Crippen molar-refractivity contribution in [3.63, 3.8) is 0 Å². The van der Waals surface area contributed by atoms with E-state index in [0.29, 0.717) is 48.3 Å². The molecule has 0 amide bonds. The predicted molar refractivity (Wildman–Crippen MR) is 215 cm³/mol. The minimum absolute atomic E-state index is 0.0256. The molecule has 0 fully saturated rings. The molecule has 4 aliphatic rings. The highest BCUT2D eigenvalue weighted by atomic mass is 16.7. The lowest BCUT2D eigenvalue weighted by Crippen LogP contribution is -2.55. The number of hydrogen-bond acceptors (Lipinski definition) is 8. The van der Waals surface area contributed by atoms with E-state index in [1.165, 1.54) is 0 Å². The summed E-state index contributed by atoms with van der Waals surface area (Å²) >= 11 is 0. The van der Waals surface area contributed by atoms with Gasteiger partial charge in [0.2, 0.25) is 0 Å². The van der Waals surface area contributed by atoms with Crippen LogP contribution in [0.1, 0.15) is 142 Å². The second-order valence-corrected chi connectivity index (χ2v) is 19.3. The summed E-state index contributed by atoms with van der Waals surface area (Å²) < 4.78 is 38.9. The molecule has 4 aromatic rings. The zero-order valence-corrected chi connectivity index (χ0v) is 34.9. The van der Waals surface area contributed by atoms with Crippen molar-refractivity contribution in [1.82, 2.24) is 0 Å². The van der Waals surface area contributed by atoms with Gasteiger partial charge in [0.1, 0.15) is 34.5 Å². The van der Waals surface area contributed by atoms with Crippen molar-refractivity contribution >= 4 is 11.8 Å². The topological polar surface area (TPSA) is 89.5 Å². The van der Waals surface area contributed by atoms with E-state index in [4.69, 9.17) is 28.4 Å². The molecule has 2 spiro atoms. The summed E-state index contributed by atoms with van der Waals surface area (Å²) in [5.41, 5.74) is 5.63. The quantitative estimate of drug-likeness (QED) is 0.115. The van der Waals surface area contributed by atoms with Gasteiger partial charge < -0.3 is 28.4 Å². The van der Waals surface area contributed by atoms with Gasteiger partial charge in [0.15, 0.2) is 5.78 Å². The zero-order valence-electron chi connectivity index (χ0n) is 34.9. The number of fused-ring (bicyclic) bond motifs is 4. The highest BCUT2D eigenvalue weighted by Gasteiger charge is 2.55. The van der Waals surface area contributed by atoms with Crippen molar-refractivity contribution in [3.05, 3.63) is 105 Å². The Balaban J connectivity index is 1.04. The number of carbonyl (C=O) groups excluding carboxylic acids is 2. The van der Waals surface area contributed by atoms with E-state index in [1.54, 1.807) is 20.1 Å². The number of aryl methyl sites for hydroxylation is 2. The lowest BCUT2D eigenvalue weighted by molar-refractivity contribution is -0.167. The fourth-order valence-electron chi connectivity index (χ4n) is 10.0. The summed E-state index contributed by atoms with van der Waals surface area (Å²) in [4.78, 5) is 26.1. The van der Waals surface area contributed by atoms with Crippen LogP contribution in [0.5, 0.6) is 34.5 Å². The first-order chi connectivity index (χ1) is 26.0. The number of carbonyl (C=O) groups is 2. The van der Waals surface area contributed by atoms with Crippen molar-refractivity contribution < 1.29 is 38.0 Å². The molecule has 0 radical (unpaired) electrons. The van der Waals surface area contributed by atoms with Gasteiger partial charge in [-0.15, -0.1) is 0 Å². The Bertz CT molecular complexity index is 2330. The van der Waals surface area contributed by atoms with Crippen LogP contribution in [0.25, 0.3) is 0 Å². The van der Waals surface area contributed by atoms with E-state index in [1.807, 2.05) is 56.3 Å². The maximum absolute atomic E-state index is 13.9. The maximum Gasteiger partial charge on any atom is 0.343 e. The second kappa shape index (κ2) is 12.3. The number of esters is 1. The number of benzene rings is 4. The first-order valence-corrected chi connectivity index (χ1v) is 19.7. The highest BCUT2D eigenvalue weighted by Crippen LogP contribution is 2.56. The molecule has 4 aliphatic heterocycles. The third-order valence-electron chi connectivity index (χ3n) is 12.5. The third kappa shape index (κ3) is 6.20. The van der Waals surface area contributed by atoms with Gasteiger partial charge in [-0.3, -0.25) is 4.79 Å². The van der Waals surface area contributed by atoms with Crippen LogP contribution in [0, 0.1) is 13.8 Å². The van der Waals surface area contributed by atoms with Gasteiger partial charge >= 0.3 is 5.97 Å². The molecule has 8 nitrogen and oxygen atoms in total. The molecule has 294 valence electrons. The van der Waals surface area contributed by atoms with Crippen LogP contribution in [-0.4, -0.2) is 30.4 Å². The fourth-order valence-corrected chi connectivity index (χ4v) is 10.0. The Labute approximate surface area is 330 Å². The van der Waals surface area contributed by atoms with Crippen molar-refractivity contribution in [2.75, 3.05) is 7.11 Å². The SMILES string of the molecule is COc1cc2c(cc1C)OC1(CC2(C)C)CC(C)(C)c2cc(OC(=O)c3ccc4c(c3)C(C)(C)CC3(CC(C)(C)c5cc(C(C)=O)ccc5O3)O4)c(C)cc2O1. The maximum atomic E-state index is 13.9. The molecule has 0 N–H and O–H groups in total. The molecule has 0 bridgehead atoms. The summed E-state index contributed by atoms with van der Waals surface area (Å²) in [6.07, 6.45) is 2.46. The molecule has 2 atom stereocenters. The lowest BCUT2D eigenvalue weighted by atomic mass is 9.69. The van der Waals surface area contributed by atoms with E-state index in [-0.39, 0.29) is 22.0 Å². The highest BCUT2D eigenvalue weighted by molar-refractivity contribution is 5.94. The Morgan fingerprint density at radius 1 is 0.518 bits per heavy atom. The molecule has 0 saturated heterocycles. The Hall–Kier alpha value is -4.98. The minimum atomic E-state index is -0.908. The molecular formula is C48H54O8. The van der Waals surface area contributed by atoms with Gasteiger partial charge in [-0.25, -0.2) is 4.79 Å². The Kier molecular flexibility index (Phi) is 8.30. The van der Waals surface area contributed by atoms with E-state index in [9.17, 15) is 9.59 Å². The molecule has 0 saturated carbocycles. The van der Waals surface area contributed by atoms with E-state index >= 15 is 0 Å². The van der Waals surface area contributed by atoms with Crippen LogP contribution in [0.4, 0.5) is 0 Å². The average molecular weight is 759 g/mol. The van der Waals surface area contributed by atoms with Gasteiger partial charge in [0, 0.05) is 75.2 Å². The van der Waals surface area contributed by atoms with Crippen LogP contribution < -0.4 is 28.4 Å². The largest absolute Gasteiger partial charge is 0.496 e. The van der Waals surface area contributed by atoms with E-state index < -0.39 is 23.0 Å². The van der Waals surface area contributed by atoms with Gasteiger partial charge in [0.25, 0.3) is 11.6 Å². The molecule has 8 rings (SSSR count). The van der Waals surface area contributed by atoms with Crippen LogP contribution >= 0.6 is 0 Å². The van der Waals surface area contributed by atoms with Gasteiger partial charge in [-0.2, -0.15) is 0 Å². The molecule has 2 unspecified atom stereocenters. The van der Waals surface area contributed by atoms with Crippen molar-refractivity contribution in [3.8, 4) is 34.5 Å². The summed E-state index contributed by atoms with van der Waals surface area (Å²) in [5.74, 6) is 2.12. The predicted octanol–water partition coefficient (Wildman–Crippen LogP) is 10.8. The second-order valence-electron chi connectivity index (χ2n) is 19.3. The zero-order chi connectivity index (χ0) is 40.4. The Morgan fingerprint density at radius 3 is 1.34 bits per heavy atom. The Morgan fingerprint density at radius 2 is 0.893 bits per heavy atom. The summed E-state index contributed by atoms with van der Waals surface area (Å²) in [7, 11) is 1.70. The van der Waals surface area contributed by atoms with Gasteiger partial charge in [-0.1, -0.05) is 55.4 Å². The summed E-state index contributed by atoms with van der Waals surface area (Å²) in [6, 6.07) is 19.2. The molecule has 4 heterocycles. The molecular weight excluding hydrogens is 705 g/mol. The van der Waals surface area contributed by atoms with Crippen LogP contribution in [-0.2, 0) is 21.7 Å². The van der Waals surface area contributed by atoms with Crippen molar-refractivity contribution in [2.24, 2.45) is 0 Å². The van der Waals surface area contributed by atoms with Crippen LogP contribution in [0.2, 0.25) is 0 Å². The van der Waals surface area contributed by atoms with Crippen molar-refractivity contribution in [1.29, 1.82) is 0 Å². The number of hydrogen-bond donors (Lipinski definition) is 0. The summed E-state index contributed by atoms with van der Waals surface area (Å²) in [5, 5.41) is 0. The number of ketones is 1. The number of Topliss-reactive ketones (excluding diaryl/α,β-unsaturated/α-hetero) is 1.